The zero-order chi connectivity index (χ0) is 17.9. The SMILES string of the molecule is O=C(NC1CC1)C(Sc1nc(-c2ccccc2)cs1)c1ccc(F)cc1. The molecule has 1 heterocycles. The normalized spacial score (nSPS) is 14.8. The summed E-state index contributed by atoms with van der Waals surface area (Å²) in [5.74, 6) is -0.346. The molecule has 6 heteroatoms. The lowest BCUT2D eigenvalue weighted by Crippen LogP contribution is -2.29. The van der Waals surface area contributed by atoms with Crippen molar-refractivity contribution in [1.29, 1.82) is 0 Å². The molecular formula is C20H17FN2OS2. The Bertz CT molecular complexity index is 892. The monoisotopic (exact) mass is 384 g/mol. The van der Waals surface area contributed by atoms with Gasteiger partial charge in [-0.05, 0) is 30.5 Å². The van der Waals surface area contributed by atoms with Crippen LogP contribution < -0.4 is 5.32 Å². The largest absolute Gasteiger partial charge is 0.352 e. The lowest BCUT2D eigenvalue weighted by Gasteiger charge is -2.15. The van der Waals surface area contributed by atoms with Crippen LogP contribution in [-0.2, 0) is 4.79 Å². The molecule has 1 amide bonds. The molecule has 3 nitrogen and oxygen atoms in total. The van der Waals surface area contributed by atoms with Gasteiger partial charge in [-0.3, -0.25) is 4.79 Å². The summed E-state index contributed by atoms with van der Waals surface area (Å²) in [6, 6.07) is 16.4. The van der Waals surface area contributed by atoms with Gasteiger partial charge in [0.2, 0.25) is 5.91 Å². The number of thioether (sulfide) groups is 1. The number of rotatable bonds is 6. The van der Waals surface area contributed by atoms with E-state index in [-0.39, 0.29) is 17.8 Å². The third-order valence-electron chi connectivity index (χ3n) is 4.11. The number of hydrogen-bond donors (Lipinski definition) is 1. The number of carbonyl (C=O) groups is 1. The minimum absolute atomic E-state index is 0.0411. The van der Waals surface area contributed by atoms with E-state index < -0.39 is 5.25 Å². The van der Waals surface area contributed by atoms with Crippen LogP contribution in [0.4, 0.5) is 4.39 Å². The molecule has 1 aliphatic rings. The number of carbonyl (C=O) groups excluding carboxylic acids is 1. The zero-order valence-corrected chi connectivity index (χ0v) is 15.5. The molecule has 1 saturated carbocycles. The number of hydrogen-bond acceptors (Lipinski definition) is 4. The van der Waals surface area contributed by atoms with E-state index in [0.717, 1.165) is 34.0 Å². The van der Waals surface area contributed by atoms with E-state index in [0.29, 0.717) is 0 Å². The zero-order valence-electron chi connectivity index (χ0n) is 13.9. The van der Waals surface area contributed by atoms with Crippen molar-refractivity contribution in [2.24, 2.45) is 0 Å². The maximum absolute atomic E-state index is 13.3. The molecule has 0 saturated heterocycles. The second-order valence-corrected chi connectivity index (χ2v) is 8.41. The summed E-state index contributed by atoms with van der Waals surface area (Å²) < 4.78 is 14.1. The van der Waals surface area contributed by atoms with Gasteiger partial charge >= 0.3 is 0 Å². The molecule has 3 aromatic rings. The Labute approximate surface area is 159 Å². The van der Waals surface area contributed by atoms with Crippen molar-refractivity contribution in [2.75, 3.05) is 0 Å². The first-order chi connectivity index (χ1) is 12.7. The van der Waals surface area contributed by atoms with E-state index in [2.05, 4.69) is 10.3 Å². The topological polar surface area (TPSA) is 42.0 Å². The van der Waals surface area contributed by atoms with Gasteiger partial charge in [0.25, 0.3) is 0 Å². The number of thiazole rings is 1. The van der Waals surface area contributed by atoms with Crippen LogP contribution in [-0.4, -0.2) is 16.9 Å². The predicted molar refractivity (Wildman–Crippen MR) is 104 cm³/mol. The average molecular weight is 385 g/mol. The molecule has 132 valence electrons. The first-order valence-corrected chi connectivity index (χ1v) is 10.2. The quantitative estimate of drug-likeness (QED) is 0.604. The maximum atomic E-state index is 13.3. The van der Waals surface area contributed by atoms with Crippen molar-refractivity contribution >= 4 is 29.0 Å². The highest BCUT2D eigenvalue weighted by Crippen LogP contribution is 2.39. The van der Waals surface area contributed by atoms with Gasteiger partial charge in [-0.15, -0.1) is 11.3 Å². The van der Waals surface area contributed by atoms with Crippen LogP contribution in [0.25, 0.3) is 11.3 Å². The van der Waals surface area contributed by atoms with Gasteiger partial charge in [-0.2, -0.15) is 0 Å². The summed E-state index contributed by atoms with van der Waals surface area (Å²) in [5, 5.41) is 4.61. The molecule has 4 rings (SSSR count). The van der Waals surface area contributed by atoms with E-state index in [9.17, 15) is 9.18 Å². The number of aromatic nitrogens is 1. The van der Waals surface area contributed by atoms with Gasteiger partial charge < -0.3 is 5.32 Å². The van der Waals surface area contributed by atoms with Crippen molar-refractivity contribution in [3.05, 3.63) is 71.4 Å². The molecule has 1 unspecified atom stereocenters. The predicted octanol–water partition coefficient (Wildman–Crippen LogP) is 5.06. The van der Waals surface area contributed by atoms with Gasteiger partial charge in [0.1, 0.15) is 11.1 Å². The number of halogens is 1. The number of nitrogens with one attached hydrogen (secondary N) is 1. The molecular weight excluding hydrogens is 367 g/mol. The summed E-state index contributed by atoms with van der Waals surface area (Å²) in [7, 11) is 0. The van der Waals surface area contributed by atoms with E-state index >= 15 is 0 Å². The maximum Gasteiger partial charge on any atom is 0.238 e. The summed E-state index contributed by atoms with van der Waals surface area (Å²) in [4.78, 5) is 17.4. The lowest BCUT2D eigenvalue weighted by atomic mass is 10.1. The van der Waals surface area contributed by atoms with Gasteiger partial charge in [-0.25, -0.2) is 9.37 Å². The second kappa shape index (κ2) is 7.60. The minimum atomic E-state index is -0.439. The van der Waals surface area contributed by atoms with E-state index in [1.54, 1.807) is 12.1 Å². The summed E-state index contributed by atoms with van der Waals surface area (Å²) in [6.45, 7) is 0. The molecule has 0 radical (unpaired) electrons. The number of nitrogens with zero attached hydrogens (tertiary/aromatic N) is 1. The van der Waals surface area contributed by atoms with Crippen molar-refractivity contribution in [1.82, 2.24) is 10.3 Å². The smallest absolute Gasteiger partial charge is 0.238 e. The van der Waals surface area contributed by atoms with Crippen LogP contribution in [0.2, 0.25) is 0 Å². The highest BCUT2D eigenvalue weighted by Gasteiger charge is 2.29. The number of benzene rings is 2. The van der Waals surface area contributed by atoms with Crippen molar-refractivity contribution in [3.63, 3.8) is 0 Å². The van der Waals surface area contributed by atoms with Gasteiger partial charge in [0.15, 0.2) is 4.34 Å². The highest BCUT2D eigenvalue weighted by molar-refractivity contribution is 8.01. The Morgan fingerprint density at radius 1 is 1.15 bits per heavy atom. The van der Waals surface area contributed by atoms with Crippen LogP contribution in [0.15, 0.2) is 64.3 Å². The van der Waals surface area contributed by atoms with Crippen molar-refractivity contribution in [2.45, 2.75) is 28.5 Å². The summed E-state index contributed by atoms with van der Waals surface area (Å²) in [6.07, 6.45) is 2.06. The fourth-order valence-corrected chi connectivity index (χ4v) is 4.60. The Hall–Kier alpha value is -2.18. The van der Waals surface area contributed by atoms with E-state index in [1.165, 1.54) is 35.2 Å². The second-order valence-electron chi connectivity index (χ2n) is 6.20. The Morgan fingerprint density at radius 3 is 2.58 bits per heavy atom. The molecule has 0 aliphatic heterocycles. The molecule has 1 fully saturated rings. The molecule has 0 spiro atoms. The molecule has 2 aromatic carbocycles. The Morgan fingerprint density at radius 2 is 1.88 bits per heavy atom. The first kappa shape index (κ1) is 17.2. The molecule has 0 bridgehead atoms. The molecule has 1 aromatic heterocycles. The molecule has 1 aliphatic carbocycles. The van der Waals surface area contributed by atoms with Crippen molar-refractivity contribution < 1.29 is 9.18 Å². The molecule has 1 N–H and O–H groups in total. The third kappa shape index (κ3) is 4.14. The third-order valence-corrected chi connectivity index (χ3v) is 6.33. The molecule has 1 atom stereocenters. The van der Waals surface area contributed by atoms with Crippen LogP contribution in [0, 0.1) is 5.82 Å². The fraction of sp³-hybridized carbons (Fsp3) is 0.200. The van der Waals surface area contributed by atoms with Crippen molar-refractivity contribution in [3.8, 4) is 11.3 Å². The van der Waals surface area contributed by atoms with Gasteiger partial charge in [-0.1, -0.05) is 54.2 Å². The number of amides is 1. The first-order valence-electron chi connectivity index (χ1n) is 8.42. The van der Waals surface area contributed by atoms with Gasteiger partial charge in [0, 0.05) is 17.0 Å². The fourth-order valence-electron chi connectivity index (χ4n) is 2.57. The highest BCUT2D eigenvalue weighted by atomic mass is 32.2. The van der Waals surface area contributed by atoms with Crippen LogP contribution in [0.1, 0.15) is 23.7 Å². The standard InChI is InChI=1S/C20H17FN2OS2/c21-15-8-6-14(7-9-15)18(19(24)22-16-10-11-16)26-20-23-17(12-25-20)13-4-2-1-3-5-13/h1-9,12,16,18H,10-11H2,(H,22,24). The summed E-state index contributed by atoms with van der Waals surface area (Å²) in [5.41, 5.74) is 2.74. The average Bonchev–Trinajstić information content (AvgIpc) is 3.35. The van der Waals surface area contributed by atoms with Crippen LogP contribution in [0.3, 0.4) is 0 Å². The summed E-state index contributed by atoms with van der Waals surface area (Å²) >= 11 is 2.93. The molecule has 26 heavy (non-hydrogen) atoms. The van der Waals surface area contributed by atoms with Crippen LogP contribution >= 0.6 is 23.1 Å². The Balaban J connectivity index is 1.57. The van der Waals surface area contributed by atoms with E-state index in [4.69, 9.17) is 0 Å². The lowest BCUT2D eigenvalue weighted by molar-refractivity contribution is -0.120. The minimum Gasteiger partial charge on any atom is -0.352 e. The van der Waals surface area contributed by atoms with Crippen LogP contribution in [0.5, 0.6) is 0 Å². The van der Waals surface area contributed by atoms with Gasteiger partial charge in [0.05, 0.1) is 5.69 Å². The van der Waals surface area contributed by atoms with E-state index in [1.807, 2.05) is 35.7 Å². The Kier molecular flexibility index (Phi) is 5.04.